The average Bonchev–Trinajstić information content (AvgIpc) is 2.35. The molecule has 0 heterocycles. The van der Waals surface area contributed by atoms with Gasteiger partial charge in [-0.15, -0.1) is 0 Å². The van der Waals surface area contributed by atoms with E-state index in [1.165, 1.54) is 0 Å². The minimum Gasteiger partial charge on any atom is -0.389 e. The van der Waals surface area contributed by atoms with Crippen molar-refractivity contribution in [3.63, 3.8) is 0 Å². The molecule has 0 unspecified atom stereocenters. The third-order valence-corrected chi connectivity index (χ3v) is 3.12. The molecule has 1 aromatic rings. The fraction of sp³-hybridized carbons (Fsp3) is 0.562. The van der Waals surface area contributed by atoms with Gasteiger partial charge in [-0.05, 0) is 45.4 Å². The Morgan fingerprint density at radius 3 is 2.55 bits per heavy atom. The lowest BCUT2D eigenvalue weighted by Gasteiger charge is -2.32. The number of nitrogens with one attached hydrogen (secondary N) is 1. The second-order valence-corrected chi connectivity index (χ2v) is 6.09. The quantitative estimate of drug-likeness (QED) is 0.837. The average molecular weight is 278 g/mol. The fourth-order valence-electron chi connectivity index (χ4n) is 2.11. The van der Waals surface area contributed by atoms with E-state index in [0.717, 1.165) is 5.56 Å². The summed E-state index contributed by atoms with van der Waals surface area (Å²) in [5.41, 5.74) is 1.00. The number of rotatable bonds is 6. The van der Waals surface area contributed by atoms with Gasteiger partial charge in [0.05, 0.1) is 5.60 Å². The molecule has 0 aromatic heterocycles. The summed E-state index contributed by atoms with van der Waals surface area (Å²) in [6.07, 6.45) is 0. The highest BCUT2D eigenvalue weighted by Gasteiger charge is 2.20. The summed E-state index contributed by atoms with van der Waals surface area (Å²) in [5.74, 6) is -0.0783. The van der Waals surface area contributed by atoms with Gasteiger partial charge in [-0.25, -0.2) is 0 Å². The Morgan fingerprint density at radius 1 is 1.40 bits per heavy atom. The van der Waals surface area contributed by atoms with Gasteiger partial charge in [0.15, 0.2) is 0 Å². The molecule has 0 atom stereocenters. The van der Waals surface area contributed by atoms with Crippen LogP contribution in [0.5, 0.6) is 0 Å². The van der Waals surface area contributed by atoms with E-state index in [4.69, 9.17) is 0 Å². The standard InChI is InChI=1S/C16H26N2O2/c1-12(2)18(11-16(3,4)20)10-13-7-6-8-14(9-13)15(19)17-5/h6-9,12,20H,10-11H2,1-5H3,(H,17,19). The predicted octanol–water partition coefficient (Wildman–Crippen LogP) is 2.03. The molecular weight excluding hydrogens is 252 g/mol. The molecule has 0 aliphatic heterocycles. The Bertz CT molecular complexity index is 450. The summed E-state index contributed by atoms with van der Waals surface area (Å²) in [4.78, 5) is 13.8. The van der Waals surface area contributed by atoms with Crippen molar-refractivity contribution in [3.05, 3.63) is 35.4 Å². The van der Waals surface area contributed by atoms with Gasteiger partial charge >= 0.3 is 0 Å². The molecule has 0 saturated carbocycles. The normalized spacial score (nSPS) is 12.0. The number of carbonyl (C=O) groups excluding carboxylic acids is 1. The van der Waals surface area contributed by atoms with Crippen LogP contribution in [-0.4, -0.2) is 41.1 Å². The van der Waals surface area contributed by atoms with Gasteiger partial charge in [0.2, 0.25) is 0 Å². The zero-order chi connectivity index (χ0) is 15.3. The predicted molar refractivity (Wildman–Crippen MR) is 81.7 cm³/mol. The molecule has 4 nitrogen and oxygen atoms in total. The SMILES string of the molecule is CNC(=O)c1cccc(CN(CC(C)(C)O)C(C)C)c1. The third kappa shape index (κ3) is 5.31. The third-order valence-electron chi connectivity index (χ3n) is 3.12. The Kier molecular flexibility index (Phi) is 5.72. The van der Waals surface area contributed by atoms with E-state index < -0.39 is 5.60 Å². The minimum absolute atomic E-state index is 0.0783. The van der Waals surface area contributed by atoms with Gasteiger partial charge in [-0.1, -0.05) is 12.1 Å². The van der Waals surface area contributed by atoms with Crippen molar-refractivity contribution in [2.24, 2.45) is 0 Å². The largest absolute Gasteiger partial charge is 0.389 e. The zero-order valence-corrected chi connectivity index (χ0v) is 13.1. The monoisotopic (exact) mass is 278 g/mol. The summed E-state index contributed by atoms with van der Waals surface area (Å²) in [5, 5.41) is 12.6. The van der Waals surface area contributed by atoms with Crippen LogP contribution in [0, 0.1) is 0 Å². The molecule has 0 aliphatic carbocycles. The highest BCUT2D eigenvalue weighted by atomic mass is 16.3. The Labute approximate surface area is 121 Å². The Balaban J connectivity index is 2.86. The second-order valence-electron chi connectivity index (χ2n) is 6.09. The van der Waals surface area contributed by atoms with E-state index in [0.29, 0.717) is 24.7 Å². The minimum atomic E-state index is -0.733. The lowest BCUT2D eigenvalue weighted by molar-refractivity contribution is 0.0225. The molecule has 0 saturated heterocycles. The molecule has 0 fully saturated rings. The van der Waals surface area contributed by atoms with Crippen molar-refractivity contribution in [1.29, 1.82) is 0 Å². The molecule has 0 radical (unpaired) electrons. The zero-order valence-electron chi connectivity index (χ0n) is 13.1. The first-order chi connectivity index (χ1) is 9.23. The maximum Gasteiger partial charge on any atom is 0.251 e. The summed E-state index contributed by atoms with van der Waals surface area (Å²) < 4.78 is 0. The van der Waals surface area contributed by atoms with Gasteiger partial charge in [0, 0.05) is 31.7 Å². The van der Waals surface area contributed by atoms with Crippen LogP contribution < -0.4 is 5.32 Å². The van der Waals surface area contributed by atoms with E-state index in [9.17, 15) is 9.90 Å². The van der Waals surface area contributed by atoms with E-state index >= 15 is 0 Å². The van der Waals surface area contributed by atoms with Crippen LogP contribution in [0.1, 0.15) is 43.6 Å². The van der Waals surface area contributed by atoms with Crippen LogP contribution in [0.2, 0.25) is 0 Å². The molecule has 0 spiro atoms. The number of amides is 1. The van der Waals surface area contributed by atoms with Crippen molar-refractivity contribution >= 4 is 5.91 Å². The van der Waals surface area contributed by atoms with E-state index in [-0.39, 0.29) is 5.91 Å². The van der Waals surface area contributed by atoms with E-state index in [1.807, 2.05) is 32.0 Å². The van der Waals surface area contributed by atoms with Crippen molar-refractivity contribution in [2.45, 2.75) is 45.9 Å². The molecule has 1 rings (SSSR count). The first-order valence-electron chi connectivity index (χ1n) is 7.00. The van der Waals surface area contributed by atoms with Gasteiger partial charge < -0.3 is 10.4 Å². The molecule has 20 heavy (non-hydrogen) atoms. The first kappa shape index (κ1) is 16.7. The number of benzene rings is 1. The summed E-state index contributed by atoms with van der Waals surface area (Å²) in [6, 6.07) is 7.93. The molecular formula is C16H26N2O2. The highest BCUT2D eigenvalue weighted by molar-refractivity contribution is 5.94. The fourth-order valence-corrected chi connectivity index (χ4v) is 2.11. The van der Waals surface area contributed by atoms with Crippen LogP contribution in [0.15, 0.2) is 24.3 Å². The van der Waals surface area contributed by atoms with Crippen molar-refractivity contribution in [2.75, 3.05) is 13.6 Å². The van der Waals surface area contributed by atoms with Crippen LogP contribution in [-0.2, 0) is 6.54 Å². The van der Waals surface area contributed by atoms with E-state index in [1.54, 1.807) is 13.1 Å². The lowest BCUT2D eigenvalue weighted by atomic mass is 10.1. The van der Waals surface area contributed by atoms with Gasteiger partial charge in [-0.3, -0.25) is 9.69 Å². The van der Waals surface area contributed by atoms with Crippen molar-refractivity contribution < 1.29 is 9.90 Å². The summed E-state index contributed by atoms with van der Waals surface area (Å²) in [6.45, 7) is 9.14. The molecule has 112 valence electrons. The Hall–Kier alpha value is -1.39. The molecule has 2 N–H and O–H groups in total. The maximum atomic E-state index is 11.6. The molecule has 4 heteroatoms. The van der Waals surface area contributed by atoms with Crippen LogP contribution in [0.4, 0.5) is 0 Å². The molecule has 1 aromatic carbocycles. The number of hydrogen-bond donors (Lipinski definition) is 2. The summed E-state index contributed by atoms with van der Waals surface area (Å²) >= 11 is 0. The van der Waals surface area contributed by atoms with Crippen LogP contribution in [0.25, 0.3) is 0 Å². The molecule has 1 amide bonds. The van der Waals surface area contributed by atoms with E-state index in [2.05, 4.69) is 24.1 Å². The summed E-state index contributed by atoms with van der Waals surface area (Å²) in [7, 11) is 1.63. The molecule has 0 aliphatic rings. The number of carbonyl (C=O) groups is 1. The number of hydrogen-bond acceptors (Lipinski definition) is 3. The van der Waals surface area contributed by atoms with Gasteiger partial charge in [0.25, 0.3) is 5.91 Å². The second kappa shape index (κ2) is 6.86. The number of aliphatic hydroxyl groups is 1. The van der Waals surface area contributed by atoms with Gasteiger partial charge in [-0.2, -0.15) is 0 Å². The van der Waals surface area contributed by atoms with Gasteiger partial charge in [0.1, 0.15) is 0 Å². The molecule has 0 bridgehead atoms. The van der Waals surface area contributed by atoms with Crippen LogP contribution >= 0.6 is 0 Å². The van der Waals surface area contributed by atoms with Crippen molar-refractivity contribution in [3.8, 4) is 0 Å². The maximum absolute atomic E-state index is 11.6. The topological polar surface area (TPSA) is 52.6 Å². The first-order valence-corrected chi connectivity index (χ1v) is 7.00. The highest BCUT2D eigenvalue weighted by Crippen LogP contribution is 2.14. The lowest BCUT2D eigenvalue weighted by Crippen LogP contribution is -2.41. The number of nitrogens with zero attached hydrogens (tertiary/aromatic N) is 1. The Morgan fingerprint density at radius 2 is 2.05 bits per heavy atom. The van der Waals surface area contributed by atoms with Crippen molar-refractivity contribution in [1.82, 2.24) is 10.2 Å². The smallest absolute Gasteiger partial charge is 0.251 e. The van der Waals surface area contributed by atoms with Crippen LogP contribution in [0.3, 0.4) is 0 Å².